The number of piperidine rings is 2. The van der Waals surface area contributed by atoms with Gasteiger partial charge in [-0.25, -0.2) is 9.97 Å². The molecule has 3 fully saturated rings. The molecule has 7 nitrogen and oxygen atoms in total. The Morgan fingerprint density at radius 1 is 1.24 bits per heavy atom. The summed E-state index contributed by atoms with van der Waals surface area (Å²) in [6, 6.07) is 5.27. The number of benzene rings is 1. The van der Waals surface area contributed by atoms with Crippen LogP contribution in [-0.4, -0.2) is 56.9 Å². The first-order chi connectivity index (χ1) is 13.8. The molecule has 3 aromatic rings. The van der Waals surface area contributed by atoms with Crippen molar-refractivity contribution >= 4 is 22.5 Å². The Bertz CT molecular complexity index is 1080. The standard InChI is InChI=1S/C19H21F3N6O/c1-29-14-4-2-3-11-15(14)24-18(23)28-17(11)25-16(26-28)12-7-10-5-6-13(12)27(8-10)9-19(20,21)22/h2-4,10,12-13H,5-9H2,1H3,(H2,23,24)/t10?,12-,13-/m1/s1. The zero-order valence-electron chi connectivity index (χ0n) is 15.9. The third-order valence-corrected chi connectivity index (χ3v) is 6.12. The minimum atomic E-state index is -4.21. The zero-order chi connectivity index (χ0) is 20.3. The van der Waals surface area contributed by atoms with Crippen LogP contribution in [0.3, 0.4) is 0 Å². The monoisotopic (exact) mass is 406 g/mol. The topological polar surface area (TPSA) is 81.6 Å². The number of fused-ring (bicyclic) bond motifs is 6. The summed E-state index contributed by atoms with van der Waals surface area (Å²) >= 11 is 0. The first-order valence-electron chi connectivity index (χ1n) is 9.63. The van der Waals surface area contributed by atoms with Crippen molar-refractivity contribution in [2.24, 2.45) is 5.92 Å². The van der Waals surface area contributed by atoms with E-state index in [1.54, 1.807) is 18.1 Å². The molecule has 4 heterocycles. The van der Waals surface area contributed by atoms with Gasteiger partial charge in [0.05, 0.1) is 13.7 Å². The van der Waals surface area contributed by atoms with E-state index in [0.29, 0.717) is 29.3 Å². The molecule has 29 heavy (non-hydrogen) atoms. The van der Waals surface area contributed by atoms with Gasteiger partial charge in [-0.05, 0) is 37.3 Å². The predicted molar refractivity (Wildman–Crippen MR) is 101 cm³/mol. The third kappa shape index (κ3) is 3.06. The summed E-state index contributed by atoms with van der Waals surface area (Å²) in [5, 5.41) is 5.30. The van der Waals surface area contributed by atoms with Gasteiger partial charge in [-0.2, -0.15) is 17.7 Å². The Kier molecular flexibility index (Phi) is 4.09. The SMILES string of the molecule is COc1cccc2c1nc(N)n1nc([C@@H]3CC4CC[C@H]3N(CC(F)(F)F)C4)nc21. The lowest BCUT2D eigenvalue weighted by Gasteiger charge is -2.49. The lowest BCUT2D eigenvalue weighted by atomic mass is 9.72. The lowest BCUT2D eigenvalue weighted by Crippen LogP contribution is -2.54. The molecule has 2 saturated heterocycles. The van der Waals surface area contributed by atoms with Crippen LogP contribution in [0.4, 0.5) is 19.1 Å². The molecule has 6 rings (SSSR count). The van der Waals surface area contributed by atoms with Crippen LogP contribution in [0.2, 0.25) is 0 Å². The number of rotatable bonds is 3. The molecule has 0 spiro atoms. The Morgan fingerprint density at radius 3 is 2.79 bits per heavy atom. The normalized spacial score (nSPS) is 25.2. The van der Waals surface area contributed by atoms with Gasteiger partial charge in [-0.1, -0.05) is 6.07 Å². The second kappa shape index (κ2) is 6.45. The molecule has 2 aromatic heterocycles. The molecule has 2 N–H and O–H groups in total. The molecule has 2 bridgehead atoms. The van der Waals surface area contributed by atoms with Crippen molar-refractivity contribution in [2.75, 3.05) is 25.9 Å². The van der Waals surface area contributed by atoms with Crippen LogP contribution in [0.1, 0.15) is 31.0 Å². The Balaban J connectivity index is 1.59. The van der Waals surface area contributed by atoms with Gasteiger partial charge in [0.15, 0.2) is 11.5 Å². The lowest BCUT2D eigenvalue weighted by molar-refractivity contribution is -0.162. The number of hydrogen-bond acceptors (Lipinski definition) is 6. The molecular formula is C19H21F3N6O. The average Bonchev–Trinajstić information content (AvgIpc) is 3.13. The van der Waals surface area contributed by atoms with Crippen LogP contribution in [0.15, 0.2) is 18.2 Å². The highest BCUT2D eigenvalue weighted by Gasteiger charge is 2.46. The number of nitrogens with two attached hydrogens (primary N) is 1. The van der Waals surface area contributed by atoms with Crippen molar-refractivity contribution in [1.29, 1.82) is 0 Å². The first kappa shape index (κ1) is 18.4. The third-order valence-electron chi connectivity index (χ3n) is 6.12. The summed E-state index contributed by atoms with van der Waals surface area (Å²) in [6.45, 7) is -0.403. The summed E-state index contributed by atoms with van der Waals surface area (Å²) in [6.07, 6.45) is -1.74. The van der Waals surface area contributed by atoms with Crippen molar-refractivity contribution in [3.63, 3.8) is 0 Å². The van der Waals surface area contributed by atoms with Crippen LogP contribution in [0, 0.1) is 5.92 Å². The minimum absolute atomic E-state index is 0.148. The molecular weight excluding hydrogens is 385 g/mol. The quantitative estimate of drug-likeness (QED) is 0.720. The van der Waals surface area contributed by atoms with Crippen LogP contribution in [-0.2, 0) is 0 Å². The molecule has 1 saturated carbocycles. The first-order valence-corrected chi connectivity index (χ1v) is 9.63. The molecule has 0 amide bonds. The van der Waals surface area contributed by atoms with E-state index in [0.717, 1.165) is 24.6 Å². The van der Waals surface area contributed by atoms with E-state index in [4.69, 9.17) is 15.5 Å². The number of nitrogens with zero attached hydrogens (tertiary/aromatic N) is 5. The smallest absolute Gasteiger partial charge is 0.401 e. The molecule has 1 aromatic carbocycles. The molecule has 10 heteroatoms. The van der Waals surface area contributed by atoms with E-state index in [1.165, 1.54) is 4.52 Å². The summed E-state index contributed by atoms with van der Waals surface area (Å²) in [5.74, 6) is 1.37. The molecule has 1 unspecified atom stereocenters. The largest absolute Gasteiger partial charge is 0.494 e. The van der Waals surface area contributed by atoms with Gasteiger partial charge in [0.2, 0.25) is 5.95 Å². The van der Waals surface area contributed by atoms with Crippen LogP contribution in [0.5, 0.6) is 5.75 Å². The highest BCUT2D eigenvalue weighted by atomic mass is 19.4. The Hall–Kier alpha value is -2.62. The Morgan fingerprint density at radius 2 is 2.07 bits per heavy atom. The number of nitrogen functional groups attached to an aromatic ring is 1. The number of hydrogen-bond donors (Lipinski definition) is 1. The van der Waals surface area contributed by atoms with E-state index >= 15 is 0 Å². The maximum Gasteiger partial charge on any atom is 0.401 e. The van der Waals surface area contributed by atoms with E-state index in [2.05, 4.69) is 10.1 Å². The fraction of sp³-hybridized carbons (Fsp3) is 0.526. The van der Waals surface area contributed by atoms with Gasteiger partial charge in [0, 0.05) is 23.9 Å². The van der Waals surface area contributed by atoms with Crippen LogP contribution < -0.4 is 10.5 Å². The molecule has 2 aliphatic heterocycles. The fourth-order valence-electron chi connectivity index (χ4n) is 4.97. The van der Waals surface area contributed by atoms with Crippen LogP contribution in [0.25, 0.3) is 16.6 Å². The summed E-state index contributed by atoms with van der Waals surface area (Å²) in [5.41, 5.74) is 7.24. The van der Waals surface area contributed by atoms with Gasteiger partial charge >= 0.3 is 6.18 Å². The van der Waals surface area contributed by atoms with E-state index < -0.39 is 12.7 Å². The average molecular weight is 406 g/mol. The van der Waals surface area contributed by atoms with E-state index in [-0.39, 0.29) is 23.8 Å². The molecule has 3 atom stereocenters. The molecule has 154 valence electrons. The number of para-hydroxylation sites is 1. The van der Waals surface area contributed by atoms with Gasteiger partial charge in [-0.15, -0.1) is 5.10 Å². The summed E-state index contributed by atoms with van der Waals surface area (Å²) in [4.78, 5) is 10.7. The minimum Gasteiger partial charge on any atom is -0.494 e. The number of ether oxygens (including phenoxy) is 1. The predicted octanol–water partition coefficient (Wildman–Crippen LogP) is 3.00. The number of methoxy groups -OCH3 is 1. The van der Waals surface area contributed by atoms with Gasteiger partial charge in [0.25, 0.3) is 0 Å². The van der Waals surface area contributed by atoms with E-state index in [9.17, 15) is 13.2 Å². The zero-order valence-corrected chi connectivity index (χ0v) is 15.9. The summed E-state index contributed by atoms with van der Waals surface area (Å²) in [7, 11) is 1.56. The highest BCUT2D eigenvalue weighted by molar-refractivity contribution is 5.95. The van der Waals surface area contributed by atoms with Crippen molar-refractivity contribution in [3.8, 4) is 5.75 Å². The van der Waals surface area contributed by atoms with Crippen molar-refractivity contribution < 1.29 is 17.9 Å². The molecule has 3 aliphatic rings. The Labute approximate surface area is 164 Å². The maximum absolute atomic E-state index is 13.0. The van der Waals surface area contributed by atoms with Crippen molar-refractivity contribution in [2.45, 2.75) is 37.4 Å². The second-order valence-corrected chi connectivity index (χ2v) is 7.93. The number of aromatic nitrogens is 4. The van der Waals surface area contributed by atoms with Crippen molar-refractivity contribution in [1.82, 2.24) is 24.5 Å². The molecule has 1 aliphatic carbocycles. The maximum atomic E-state index is 13.0. The number of halogens is 3. The second-order valence-electron chi connectivity index (χ2n) is 7.93. The summed E-state index contributed by atoms with van der Waals surface area (Å²) < 4.78 is 46.0. The molecule has 0 radical (unpaired) electrons. The highest BCUT2D eigenvalue weighted by Crippen LogP contribution is 2.44. The number of anilines is 1. The van der Waals surface area contributed by atoms with Crippen LogP contribution >= 0.6 is 0 Å². The van der Waals surface area contributed by atoms with Gasteiger partial charge in [-0.3, -0.25) is 4.90 Å². The fourth-order valence-corrected chi connectivity index (χ4v) is 4.97. The van der Waals surface area contributed by atoms with E-state index in [1.807, 2.05) is 12.1 Å². The van der Waals surface area contributed by atoms with Gasteiger partial charge in [0.1, 0.15) is 11.3 Å². The van der Waals surface area contributed by atoms with Gasteiger partial charge < -0.3 is 10.5 Å². The van der Waals surface area contributed by atoms with Crippen molar-refractivity contribution in [3.05, 3.63) is 24.0 Å². The number of alkyl halides is 3.